The molecular formula is C15H18BrFN2O2. The second kappa shape index (κ2) is 5.75. The third-order valence-corrected chi connectivity index (χ3v) is 4.42. The van der Waals surface area contributed by atoms with E-state index >= 15 is 0 Å². The van der Waals surface area contributed by atoms with Gasteiger partial charge in [0.25, 0.3) is 0 Å². The van der Waals surface area contributed by atoms with E-state index in [1.54, 1.807) is 0 Å². The molecular weight excluding hydrogens is 339 g/mol. The summed E-state index contributed by atoms with van der Waals surface area (Å²) in [5.74, 6) is -1.83. The molecule has 1 aromatic carbocycles. The molecule has 0 saturated carbocycles. The lowest BCUT2D eigenvalue weighted by molar-refractivity contribution is -0.132. The molecule has 114 valence electrons. The van der Waals surface area contributed by atoms with Crippen molar-refractivity contribution in [2.75, 3.05) is 11.9 Å². The molecule has 1 aliphatic rings. The van der Waals surface area contributed by atoms with E-state index in [1.165, 1.54) is 18.2 Å². The van der Waals surface area contributed by atoms with E-state index in [9.17, 15) is 14.0 Å². The summed E-state index contributed by atoms with van der Waals surface area (Å²) in [4.78, 5) is 24.4. The smallest absolute Gasteiger partial charge is 0.237 e. The van der Waals surface area contributed by atoms with Gasteiger partial charge in [0, 0.05) is 16.9 Å². The Labute approximate surface area is 131 Å². The molecule has 0 radical (unpaired) electrons. The summed E-state index contributed by atoms with van der Waals surface area (Å²) in [6.45, 7) is 6.51. The second-order valence-corrected chi connectivity index (χ2v) is 7.16. The fourth-order valence-corrected chi connectivity index (χ4v) is 2.98. The molecule has 0 aromatic heterocycles. The third-order valence-electron chi connectivity index (χ3n) is 3.76. The molecule has 1 aliphatic heterocycles. The average Bonchev–Trinajstić information content (AvgIpc) is 2.74. The number of nitrogens with one attached hydrogen (secondary N) is 2. The molecule has 0 bridgehead atoms. The van der Waals surface area contributed by atoms with Crippen molar-refractivity contribution >= 4 is 33.4 Å². The Morgan fingerprint density at radius 1 is 1.43 bits per heavy atom. The van der Waals surface area contributed by atoms with Gasteiger partial charge < -0.3 is 10.6 Å². The first kappa shape index (κ1) is 15.9. The average molecular weight is 357 g/mol. The number of halogens is 2. The maximum Gasteiger partial charge on any atom is 0.237 e. The van der Waals surface area contributed by atoms with Crippen molar-refractivity contribution < 1.29 is 14.0 Å². The summed E-state index contributed by atoms with van der Waals surface area (Å²) in [6.07, 6.45) is 0. The molecule has 1 aromatic rings. The van der Waals surface area contributed by atoms with E-state index in [-0.39, 0.29) is 23.1 Å². The van der Waals surface area contributed by atoms with Gasteiger partial charge in [-0.05, 0) is 39.5 Å². The van der Waals surface area contributed by atoms with Crippen molar-refractivity contribution in [3.63, 3.8) is 0 Å². The zero-order chi connectivity index (χ0) is 15.8. The largest absolute Gasteiger partial charge is 0.355 e. The molecule has 1 saturated heterocycles. The highest BCUT2D eigenvalue weighted by atomic mass is 79.9. The minimum atomic E-state index is -0.734. The van der Waals surface area contributed by atoms with Gasteiger partial charge in [-0.1, -0.05) is 20.8 Å². The van der Waals surface area contributed by atoms with Gasteiger partial charge in [-0.2, -0.15) is 0 Å². The van der Waals surface area contributed by atoms with Crippen molar-refractivity contribution in [3.8, 4) is 0 Å². The Balaban J connectivity index is 2.20. The lowest BCUT2D eigenvalue weighted by Crippen LogP contribution is -2.37. The fraction of sp³-hybridized carbons (Fsp3) is 0.467. The van der Waals surface area contributed by atoms with E-state index in [0.29, 0.717) is 16.7 Å². The van der Waals surface area contributed by atoms with Gasteiger partial charge in [0.05, 0.1) is 5.69 Å². The first-order valence-electron chi connectivity index (χ1n) is 6.74. The second-order valence-electron chi connectivity index (χ2n) is 6.31. The number of carbonyl (C=O) groups excluding carboxylic acids is 2. The first-order chi connectivity index (χ1) is 9.70. The number of amides is 2. The van der Waals surface area contributed by atoms with Crippen molar-refractivity contribution in [2.24, 2.45) is 17.3 Å². The molecule has 1 fully saturated rings. The van der Waals surface area contributed by atoms with Crippen molar-refractivity contribution in [1.82, 2.24) is 5.32 Å². The number of benzene rings is 1. The monoisotopic (exact) mass is 356 g/mol. The molecule has 2 atom stereocenters. The number of rotatable bonds is 2. The van der Waals surface area contributed by atoms with Crippen LogP contribution in [0.1, 0.15) is 20.8 Å². The topological polar surface area (TPSA) is 58.2 Å². The first-order valence-corrected chi connectivity index (χ1v) is 7.53. The molecule has 2 N–H and O–H groups in total. The molecule has 2 amide bonds. The van der Waals surface area contributed by atoms with Crippen LogP contribution < -0.4 is 10.6 Å². The van der Waals surface area contributed by atoms with E-state index in [4.69, 9.17) is 0 Å². The van der Waals surface area contributed by atoms with E-state index in [1.807, 2.05) is 20.8 Å². The SMILES string of the molecule is CC(C)(C)C1CNC(=O)C1C(=O)Nc1ccc(F)cc1Br. The Hall–Kier alpha value is -1.43. The van der Waals surface area contributed by atoms with Crippen LogP contribution in [-0.4, -0.2) is 18.4 Å². The molecule has 0 aliphatic carbocycles. The van der Waals surface area contributed by atoms with Crippen LogP contribution >= 0.6 is 15.9 Å². The Bertz CT molecular complexity index is 584. The van der Waals surface area contributed by atoms with Crippen LogP contribution in [0.2, 0.25) is 0 Å². The number of hydrogen-bond donors (Lipinski definition) is 2. The summed E-state index contributed by atoms with van der Waals surface area (Å²) in [7, 11) is 0. The predicted octanol–water partition coefficient (Wildman–Crippen LogP) is 2.94. The van der Waals surface area contributed by atoms with Crippen LogP contribution in [0.4, 0.5) is 10.1 Å². The fourth-order valence-electron chi connectivity index (χ4n) is 2.53. The molecule has 2 rings (SSSR count). The molecule has 6 heteroatoms. The molecule has 4 nitrogen and oxygen atoms in total. The molecule has 0 spiro atoms. The number of hydrogen-bond acceptors (Lipinski definition) is 2. The highest BCUT2D eigenvalue weighted by Gasteiger charge is 2.45. The Morgan fingerprint density at radius 3 is 2.67 bits per heavy atom. The summed E-state index contributed by atoms with van der Waals surface area (Å²) in [6, 6.07) is 4.00. The Kier molecular flexibility index (Phi) is 4.37. The van der Waals surface area contributed by atoms with Gasteiger partial charge in [-0.15, -0.1) is 0 Å². The lowest BCUT2D eigenvalue weighted by Gasteiger charge is -2.29. The van der Waals surface area contributed by atoms with Crippen molar-refractivity contribution in [1.29, 1.82) is 0 Å². The maximum absolute atomic E-state index is 13.1. The molecule has 21 heavy (non-hydrogen) atoms. The van der Waals surface area contributed by atoms with E-state index in [0.717, 1.165) is 0 Å². The summed E-state index contributed by atoms with van der Waals surface area (Å²) in [5.41, 5.74) is 0.287. The summed E-state index contributed by atoms with van der Waals surface area (Å²) >= 11 is 3.20. The van der Waals surface area contributed by atoms with E-state index in [2.05, 4.69) is 26.6 Å². The van der Waals surface area contributed by atoms with Crippen molar-refractivity contribution in [2.45, 2.75) is 20.8 Å². The maximum atomic E-state index is 13.1. The normalized spacial score (nSPS) is 22.0. The van der Waals surface area contributed by atoms with Gasteiger partial charge in [-0.3, -0.25) is 9.59 Å². The van der Waals surface area contributed by atoms with Crippen LogP contribution in [-0.2, 0) is 9.59 Å². The summed E-state index contributed by atoms with van der Waals surface area (Å²) in [5, 5.41) is 5.44. The van der Waals surface area contributed by atoms with Crippen molar-refractivity contribution in [3.05, 3.63) is 28.5 Å². The number of anilines is 1. The van der Waals surface area contributed by atoms with Gasteiger partial charge in [-0.25, -0.2) is 4.39 Å². The molecule has 1 heterocycles. The van der Waals surface area contributed by atoms with Gasteiger partial charge in [0.1, 0.15) is 11.7 Å². The van der Waals surface area contributed by atoms with Crippen LogP contribution in [0.5, 0.6) is 0 Å². The molecule has 2 unspecified atom stereocenters. The predicted molar refractivity (Wildman–Crippen MR) is 82.2 cm³/mol. The van der Waals surface area contributed by atoms with Crippen LogP contribution in [0, 0.1) is 23.1 Å². The quantitative estimate of drug-likeness (QED) is 0.800. The zero-order valence-electron chi connectivity index (χ0n) is 12.2. The minimum absolute atomic E-state index is 0.0794. The summed E-state index contributed by atoms with van der Waals surface area (Å²) < 4.78 is 13.5. The van der Waals surface area contributed by atoms with Crippen LogP contribution in [0.15, 0.2) is 22.7 Å². The zero-order valence-corrected chi connectivity index (χ0v) is 13.8. The highest BCUT2D eigenvalue weighted by Crippen LogP contribution is 2.36. The highest BCUT2D eigenvalue weighted by molar-refractivity contribution is 9.10. The Morgan fingerprint density at radius 2 is 2.10 bits per heavy atom. The van der Waals surface area contributed by atoms with E-state index < -0.39 is 11.7 Å². The number of carbonyl (C=O) groups is 2. The van der Waals surface area contributed by atoms with Crippen LogP contribution in [0.3, 0.4) is 0 Å². The lowest BCUT2D eigenvalue weighted by atomic mass is 9.74. The third kappa shape index (κ3) is 3.43. The van der Waals surface area contributed by atoms with Gasteiger partial charge >= 0.3 is 0 Å². The van der Waals surface area contributed by atoms with Gasteiger partial charge in [0.2, 0.25) is 11.8 Å². The van der Waals surface area contributed by atoms with Crippen LogP contribution in [0.25, 0.3) is 0 Å². The standard InChI is InChI=1S/C15H18BrFN2O2/c1-15(2,3)9-7-18-13(20)12(9)14(21)19-11-5-4-8(17)6-10(11)16/h4-6,9,12H,7H2,1-3H3,(H,18,20)(H,19,21). The minimum Gasteiger partial charge on any atom is -0.355 e. The van der Waals surface area contributed by atoms with Gasteiger partial charge in [0.15, 0.2) is 0 Å².